The van der Waals surface area contributed by atoms with Crippen LogP contribution >= 0.6 is 12.6 Å². The van der Waals surface area contributed by atoms with Crippen molar-refractivity contribution in [1.29, 1.82) is 0 Å². The van der Waals surface area contributed by atoms with Crippen LogP contribution in [0.25, 0.3) is 0 Å². The molecule has 0 radical (unpaired) electrons. The summed E-state index contributed by atoms with van der Waals surface area (Å²) in [6, 6.07) is -0.472. The van der Waals surface area contributed by atoms with Gasteiger partial charge in [0.1, 0.15) is 0 Å². The molecule has 0 aromatic heterocycles. The molecule has 72 valence electrons. The Hall–Kier alpha value is -0.220. The lowest BCUT2D eigenvalue weighted by Gasteiger charge is -2.10. The predicted octanol–water partition coefficient (Wildman–Crippen LogP) is 0.406. The zero-order chi connectivity index (χ0) is 9.56. The Bertz CT molecular complexity index is 139. The van der Waals surface area contributed by atoms with E-state index in [1.807, 2.05) is 0 Å². The number of thiol groups is 1. The van der Waals surface area contributed by atoms with E-state index in [-0.39, 0.29) is 5.91 Å². The van der Waals surface area contributed by atoms with Crippen molar-refractivity contribution in [1.82, 2.24) is 5.32 Å². The summed E-state index contributed by atoms with van der Waals surface area (Å²) in [6.07, 6.45) is 0.991. The van der Waals surface area contributed by atoms with Crippen molar-refractivity contribution in [2.45, 2.75) is 26.3 Å². The molecule has 0 aliphatic carbocycles. The molecule has 0 fully saturated rings. The van der Waals surface area contributed by atoms with E-state index in [1.165, 1.54) is 0 Å². The fourth-order valence-electron chi connectivity index (χ4n) is 0.698. The van der Waals surface area contributed by atoms with E-state index >= 15 is 0 Å². The third kappa shape index (κ3) is 5.43. The molecule has 1 atom stereocenters. The fraction of sp³-hybridized carbons (Fsp3) is 0.875. The molecule has 3 nitrogen and oxygen atoms in total. The minimum atomic E-state index is -0.472. The van der Waals surface area contributed by atoms with Crippen LogP contribution in [0, 0.1) is 5.92 Å². The van der Waals surface area contributed by atoms with Crippen molar-refractivity contribution < 1.29 is 4.79 Å². The summed E-state index contributed by atoms with van der Waals surface area (Å²) in [6.45, 7) is 4.94. The second kappa shape index (κ2) is 6.31. The first-order valence-corrected chi connectivity index (χ1v) is 4.85. The molecule has 1 unspecified atom stereocenters. The number of carbonyl (C=O) groups excluding carboxylic acids is 1. The van der Waals surface area contributed by atoms with Crippen LogP contribution in [0.15, 0.2) is 0 Å². The van der Waals surface area contributed by atoms with Crippen LogP contribution in [0.5, 0.6) is 0 Å². The van der Waals surface area contributed by atoms with E-state index in [1.54, 1.807) is 0 Å². The van der Waals surface area contributed by atoms with Crippen LogP contribution < -0.4 is 11.1 Å². The summed E-state index contributed by atoms with van der Waals surface area (Å²) >= 11 is 3.93. The molecular weight excluding hydrogens is 172 g/mol. The van der Waals surface area contributed by atoms with Gasteiger partial charge in [-0.15, -0.1) is 0 Å². The van der Waals surface area contributed by atoms with E-state index in [9.17, 15) is 4.79 Å². The number of hydrogen-bond acceptors (Lipinski definition) is 3. The monoisotopic (exact) mass is 190 g/mol. The first-order chi connectivity index (χ1) is 5.57. The number of nitrogens with two attached hydrogens (primary N) is 1. The Balaban J connectivity index is 3.44. The molecule has 1 amide bonds. The summed E-state index contributed by atoms with van der Waals surface area (Å²) < 4.78 is 0. The molecule has 0 heterocycles. The highest BCUT2D eigenvalue weighted by Gasteiger charge is 2.09. The third-order valence-corrected chi connectivity index (χ3v) is 1.95. The number of carbonyl (C=O) groups is 1. The fourth-order valence-corrected chi connectivity index (χ4v) is 0.864. The summed E-state index contributed by atoms with van der Waals surface area (Å²) in [5.41, 5.74) is 5.44. The van der Waals surface area contributed by atoms with Crippen LogP contribution in [0.1, 0.15) is 20.3 Å². The molecule has 0 bridgehead atoms. The quantitative estimate of drug-likeness (QED) is 0.550. The first kappa shape index (κ1) is 11.8. The van der Waals surface area contributed by atoms with Crippen molar-refractivity contribution in [3.8, 4) is 0 Å². The van der Waals surface area contributed by atoms with Crippen molar-refractivity contribution in [2.24, 2.45) is 11.7 Å². The Labute approximate surface area is 79.5 Å². The topological polar surface area (TPSA) is 55.1 Å². The van der Waals surface area contributed by atoms with Crippen LogP contribution in [0.4, 0.5) is 0 Å². The second-order valence-electron chi connectivity index (χ2n) is 3.26. The first-order valence-electron chi connectivity index (χ1n) is 4.22. The van der Waals surface area contributed by atoms with Gasteiger partial charge in [0.2, 0.25) is 5.91 Å². The lowest BCUT2D eigenvalue weighted by molar-refractivity contribution is -0.121. The lowest BCUT2D eigenvalue weighted by atomic mass is 10.1. The van der Waals surface area contributed by atoms with Crippen LogP contribution in [0.2, 0.25) is 0 Å². The van der Waals surface area contributed by atoms with Gasteiger partial charge in [0.05, 0.1) is 6.04 Å². The molecule has 4 heteroatoms. The minimum absolute atomic E-state index is 0.106. The Morgan fingerprint density at radius 1 is 1.58 bits per heavy atom. The zero-order valence-corrected chi connectivity index (χ0v) is 8.60. The van der Waals surface area contributed by atoms with Gasteiger partial charge in [-0.2, -0.15) is 12.6 Å². The van der Waals surface area contributed by atoms with E-state index in [0.29, 0.717) is 18.2 Å². The van der Waals surface area contributed by atoms with Crippen LogP contribution in [0.3, 0.4) is 0 Å². The van der Waals surface area contributed by atoms with Crippen molar-refractivity contribution >= 4 is 18.5 Å². The van der Waals surface area contributed by atoms with E-state index in [4.69, 9.17) is 5.73 Å². The van der Waals surface area contributed by atoms with Gasteiger partial charge >= 0.3 is 0 Å². The molecule has 12 heavy (non-hydrogen) atoms. The lowest BCUT2D eigenvalue weighted by Crippen LogP contribution is -2.42. The third-order valence-electron chi connectivity index (χ3n) is 1.55. The predicted molar refractivity (Wildman–Crippen MR) is 54.3 cm³/mol. The summed E-state index contributed by atoms with van der Waals surface area (Å²) in [5.74, 6) is 0.899. The smallest absolute Gasteiger partial charge is 0.237 e. The van der Waals surface area contributed by atoms with Gasteiger partial charge in [0.25, 0.3) is 0 Å². The molecule has 0 rings (SSSR count). The Morgan fingerprint density at radius 2 is 2.17 bits per heavy atom. The van der Waals surface area contributed by atoms with Gasteiger partial charge in [-0.1, -0.05) is 13.8 Å². The molecule has 0 aliphatic heterocycles. The largest absolute Gasteiger partial charge is 0.355 e. The maximum Gasteiger partial charge on any atom is 0.237 e. The van der Waals surface area contributed by atoms with E-state index in [2.05, 4.69) is 31.8 Å². The molecule has 0 aliphatic rings. The molecule has 0 aromatic rings. The highest BCUT2D eigenvalue weighted by atomic mass is 32.1. The molecule has 0 spiro atoms. The maximum atomic E-state index is 11.1. The Kier molecular flexibility index (Phi) is 6.20. The summed E-state index contributed by atoms with van der Waals surface area (Å²) in [5, 5.41) is 2.75. The van der Waals surface area contributed by atoms with Crippen molar-refractivity contribution in [3.63, 3.8) is 0 Å². The molecule has 0 saturated carbocycles. The number of hydrogen-bond donors (Lipinski definition) is 3. The van der Waals surface area contributed by atoms with Crippen LogP contribution in [-0.4, -0.2) is 24.2 Å². The molecule has 0 aromatic carbocycles. The van der Waals surface area contributed by atoms with Gasteiger partial charge in [-0.25, -0.2) is 0 Å². The number of nitrogens with one attached hydrogen (secondary N) is 1. The van der Waals surface area contributed by atoms with Gasteiger partial charge < -0.3 is 11.1 Å². The highest BCUT2D eigenvalue weighted by molar-refractivity contribution is 7.80. The van der Waals surface area contributed by atoms with Gasteiger partial charge in [-0.05, 0) is 12.3 Å². The maximum absolute atomic E-state index is 11.1. The van der Waals surface area contributed by atoms with Crippen molar-refractivity contribution in [2.75, 3.05) is 12.3 Å². The van der Waals surface area contributed by atoms with Gasteiger partial charge in [-0.3, -0.25) is 4.79 Å². The Morgan fingerprint density at radius 3 is 2.58 bits per heavy atom. The van der Waals surface area contributed by atoms with Gasteiger partial charge in [0, 0.05) is 12.3 Å². The SMILES string of the molecule is CC(C)CCNC(=O)C(N)CS. The normalized spacial score (nSPS) is 13.1. The highest BCUT2D eigenvalue weighted by Crippen LogP contribution is 1.96. The van der Waals surface area contributed by atoms with E-state index in [0.717, 1.165) is 6.42 Å². The van der Waals surface area contributed by atoms with Gasteiger partial charge in [0.15, 0.2) is 0 Å². The summed E-state index contributed by atoms with van der Waals surface area (Å²) in [4.78, 5) is 11.1. The van der Waals surface area contributed by atoms with Crippen LogP contribution in [-0.2, 0) is 4.79 Å². The second-order valence-corrected chi connectivity index (χ2v) is 3.63. The average Bonchev–Trinajstić information content (AvgIpc) is 2.02. The number of amides is 1. The average molecular weight is 190 g/mol. The van der Waals surface area contributed by atoms with E-state index < -0.39 is 6.04 Å². The minimum Gasteiger partial charge on any atom is -0.355 e. The molecular formula is C8H18N2OS. The summed E-state index contributed by atoms with van der Waals surface area (Å²) in [7, 11) is 0. The number of rotatable bonds is 5. The molecule has 3 N–H and O–H groups in total. The van der Waals surface area contributed by atoms with Crippen molar-refractivity contribution in [3.05, 3.63) is 0 Å². The standard InChI is InChI=1S/C8H18N2OS/c1-6(2)3-4-10-8(11)7(9)5-12/h6-7,12H,3-5,9H2,1-2H3,(H,10,11). The zero-order valence-electron chi connectivity index (χ0n) is 7.71. The molecule has 0 saturated heterocycles.